The van der Waals surface area contributed by atoms with Crippen LogP contribution in [0.5, 0.6) is 0 Å². The topological polar surface area (TPSA) is 65.5 Å². The zero-order valence-corrected chi connectivity index (χ0v) is 10.6. The molecule has 0 saturated carbocycles. The van der Waals surface area contributed by atoms with E-state index in [2.05, 4.69) is 15.2 Å². The van der Waals surface area contributed by atoms with E-state index < -0.39 is 0 Å². The van der Waals surface area contributed by atoms with Crippen molar-refractivity contribution in [1.82, 2.24) is 10.3 Å². The van der Waals surface area contributed by atoms with Crippen LogP contribution >= 0.6 is 0 Å². The Bertz CT molecular complexity index is 414. The molecule has 5 nitrogen and oxygen atoms in total. The van der Waals surface area contributed by atoms with Crippen LogP contribution in [0.15, 0.2) is 18.3 Å². The molecule has 0 aliphatic carbocycles. The summed E-state index contributed by atoms with van der Waals surface area (Å²) < 4.78 is 0. The molecule has 1 amide bonds. The van der Waals surface area contributed by atoms with E-state index in [1.807, 2.05) is 19.1 Å². The summed E-state index contributed by atoms with van der Waals surface area (Å²) in [6, 6.07) is 3.71. The maximum absolute atomic E-state index is 11.7. The Morgan fingerprint density at radius 2 is 2.28 bits per heavy atom. The number of anilines is 1. The van der Waals surface area contributed by atoms with E-state index in [-0.39, 0.29) is 12.0 Å². The van der Waals surface area contributed by atoms with Gasteiger partial charge in [-0.1, -0.05) is 0 Å². The number of nitrogens with zero attached hydrogens (tertiary/aromatic N) is 2. The number of nitrogens with one attached hydrogen (secondary N) is 1. The number of aliphatic hydroxyl groups excluding tert-OH is 1. The predicted octanol–water partition coefficient (Wildman–Crippen LogP) is 0.792. The Morgan fingerprint density at radius 1 is 1.56 bits per heavy atom. The molecule has 2 rings (SSSR count). The number of carbonyl (C=O) groups is 1. The van der Waals surface area contributed by atoms with Crippen molar-refractivity contribution in [3.05, 3.63) is 24.0 Å². The van der Waals surface area contributed by atoms with Gasteiger partial charge in [0.15, 0.2) is 0 Å². The van der Waals surface area contributed by atoms with Crippen molar-refractivity contribution in [3.8, 4) is 0 Å². The van der Waals surface area contributed by atoms with E-state index in [9.17, 15) is 9.90 Å². The fourth-order valence-corrected chi connectivity index (χ4v) is 2.12. The quantitative estimate of drug-likeness (QED) is 0.831. The van der Waals surface area contributed by atoms with Crippen molar-refractivity contribution >= 4 is 11.6 Å². The lowest BCUT2D eigenvalue weighted by atomic mass is 10.1. The summed E-state index contributed by atoms with van der Waals surface area (Å²) in [6.45, 7) is 4.12. The molecule has 1 saturated heterocycles. The van der Waals surface area contributed by atoms with Gasteiger partial charge in [0.2, 0.25) is 0 Å². The average Bonchev–Trinajstić information content (AvgIpc) is 2.40. The molecule has 0 unspecified atom stereocenters. The van der Waals surface area contributed by atoms with Crippen LogP contribution in [-0.2, 0) is 0 Å². The molecular formula is C13H19N3O2. The van der Waals surface area contributed by atoms with Crippen molar-refractivity contribution in [1.29, 1.82) is 0 Å². The van der Waals surface area contributed by atoms with Gasteiger partial charge in [-0.2, -0.15) is 0 Å². The van der Waals surface area contributed by atoms with E-state index in [1.54, 1.807) is 6.20 Å². The number of piperidine rings is 1. The number of pyridine rings is 1. The number of amides is 1. The van der Waals surface area contributed by atoms with E-state index in [1.165, 1.54) is 0 Å². The van der Waals surface area contributed by atoms with Gasteiger partial charge in [-0.05, 0) is 31.9 Å². The second-order valence-electron chi connectivity index (χ2n) is 4.48. The minimum Gasteiger partial charge on any atom is -0.393 e. The first-order chi connectivity index (χ1) is 8.70. The first kappa shape index (κ1) is 12.8. The Labute approximate surface area is 107 Å². The molecule has 1 fully saturated rings. The summed E-state index contributed by atoms with van der Waals surface area (Å²) in [5.41, 5.74) is 1.44. The first-order valence-electron chi connectivity index (χ1n) is 6.38. The summed E-state index contributed by atoms with van der Waals surface area (Å²) in [6.07, 6.45) is 3.02. The van der Waals surface area contributed by atoms with Crippen molar-refractivity contribution in [2.24, 2.45) is 0 Å². The van der Waals surface area contributed by atoms with Gasteiger partial charge < -0.3 is 15.3 Å². The molecule has 0 bridgehead atoms. The molecule has 1 aliphatic heterocycles. The highest BCUT2D eigenvalue weighted by Gasteiger charge is 2.18. The largest absolute Gasteiger partial charge is 0.393 e. The molecule has 0 aromatic carbocycles. The Morgan fingerprint density at radius 3 is 2.94 bits per heavy atom. The number of aliphatic hydroxyl groups is 1. The van der Waals surface area contributed by atoms with Gasteiger partial charge in [0.05, 0.1) is 6.10 Å². The molecule has 0 radical (unpaired) electrons. The van der Waals surface area contributed by atoms with E-state index in [0.29, 0.717) is 12.2 Å². The van der Waals surface area contributed by atoms with Crippen LogP contribution < -0.4 is 10.2 Å². The lowest BCUT2D eigenvalue weighted by Gasteiger charge is -2.31. The monoisotopic (exact) mass is 249 g/mol. The van der Waals surface area contributed by atoms with Gasteiger partial charge in [0.25, 0.3) is 5.91 Å². The standard InChI is InChI=1S/C13H19N3O2/c1-2-14-13(18)12-9-10(3-6-15-12)16-7-4-11(17)5-8-16/h3,6,9,11,17H,2,4-5,7-8H2,1H3,(H,14,18). The van der Waals surface area contributed by atoms with Crippen molar-refractivity contribution in [3.63, 3.8) is 0 Å². The van der Waals surface area contributed by atoms with Crippen LogP contribution in [0.2, 0.25) is 0 Å². The van der Waals surface area contributed by atoms with Crippen molar-refractivity contribution < 1.29 is 9.90 Å². The van der Waals surface area contributed by atoms with Crippen LogP contribution in [0.1, 0.15) is 30.3 Å². The number of carbonyl (C=O) groups excluding carboxylic acids is 1. The molecule has 1 aliphatic rings. The second-order valence-corrected chi connectivity index (χ2v) is 4.48. The Hall–Kier alpha value is -1.62. The fraction of sp³-hybridized carbons (Fsp3) is 0.538. The van der Waals surface area contributed by atoms with Crippen LogP contribution in [0.25, 0.3) is 0 Å². The third-order valence-corrected chi connectivity index (χ3v) is 3.14. The molecule has 2 heterocycles. The minimum atomic E-state index is -0.189. The van der Waals surface area contributed by atoms with Gasteiger partial charge in [0, 0.05) is 31.5 Å². The van der Waals surface area contributed by atoms with Gasteiger partial charge in [0.1, 0.15) is 5.69 Å². The summed E-state index contributed by atoms with van der Waals surface area (Å²) >= 11 is 0. The van der Waals surface area contributed by atoms with Gasteiger partial charge in [-0.25, -0.2) is 0 Å². The normalized spacial score (nSPS) is 16.7. The highest BCUT2D eigenvalue weighted by Crippen LogP contribution is 2.20. The number of aromatic nitrogens is 1. The van der Waals surface area contributed by atoms with Gasteiger partial charge >= 0.3 is 0 Å². The minimum absolute atomic E-state index is 0.142. The van der Waals surface area contributed by atoms with E-state index in [4.69, 9.17) is 0 Å². The molecule has 18 heavy (non-hydrogen) atoms. The average molecular weight is 249 g/mol. The maximum Gasteiger partial charge on any atom is 0.269 e. The summed E-state index contributed by atoms with van der Waals surface area (Å²) in [5.74, 6) is -0.142. The van der Waals surface area contributed by atoms with Crippen LogP contribution in [0.3, 0.4) is 0 Å². The number of hydrogen-bond acceptors (Lipinski definition) is 4. The molecule has 0 spiro atoms. The van der Waals surface area contributed by atoms with Crippen LogP contribution in [0, 0.1) is 0 Å². The third-order valence-electron chi connectivity index (χ3n) is 3.14. The van der Waals surface area contributed by atoms with E-state index in [0.717, 1.165) is 31.6 Å². The third kappa shape index (κ3) is 2.98. The first-order valence-corrected chi connectivity index (χ1v) is 6.38. The summed E-state index contributed by atoms with van der Waals surface area (Å²) in [5, 5.41) is 12.2. The summed E-state index contributed by atoms with van der Waals surface area (Å²) in [7, 11) is 0. The Kier molecular flexibility index (Phi) is 4.15. The molecule has 0 atom stereocenters. The molecule has 1 aromatic heterocycles. The molecule has 5 heteroatoms. The highest BCUT2D eigenvalue weighted by molar-refractivity contribution is 5.93. The van der Waals surface area contributed by atoms with Crippen molar-refractivity contribution in [2.45, 2.75) is 25.9 Å². The number of rotatable bonds is 3. The highest BCUT2D eigenvalue weighted by atomic mass is 16.3. The van der Waals surface area contributed by atoms with Gasteiger partial charge in [-0.15, -0.1) is 0 Å². The fourth-order valence-electron chi connectivity index (χ4n) is 2.12. The molecule has 98 valence electrons. The van der Waals surface area contributed by atoms with Crippen LogP contribution in [-0.4, -0.2) is 41.7 Å². The zero-order valence-electron chi connectivity index (χ0n) is 10.6. The molecular weight excluding hydrogens is 230 g/mol. The maximum atomic E-state index is 11.7. The lowest BCUT2D eigenvalue weighted by molar-refractivity contribution is 0.0950. The summed E-state index contributed by atoms with van der Waals surface area (Å²) in [4.78, 5) is 18.0. The number of hydrogen-bond donors (Lipinski definition) is 2. The van der Waals surface area contributed by atoms with Crippen LogP contribution in [0.4, 0.5) is 5.69 Å². The molecule has 2 N–H and O–H groups in total. The van der Waals surface area contributed by atoms with E-state index >= 15 is 0 Å². The molecule has 1 aromatic rings. The smallest absolute Gasteiger partial charge is 0.269 e. The SMILES string of the molecule is CCNC(=O)c1cc(N2CCC(O)CC2)ccn1. The van der Waals surface area contributed by atoms with Crippen molar-refractivity contribution in [2.75, 3.05) is 24.5 Å². The second kappa shape index (κ2) is 5.82. The van der Waals surface area contributed by atoms with Gasteiger partial charge in [-0.3, -0.25) is 9.78 Å². The predicted molar refractivity (Wildman–Crippen MR) is 69.7 cm³/mol. The lowest BCUT2D eigenvalue weighted by Crippen LogP contribution is -2.36. The Balaban J connectivity index is 2.09. The zero-order chi connectivity index (χ0) is 13.0.